The van der Waals surface area contributed by atoms with Crippen LogP contribution in [0, 0.1) is 11.2 Å². The minimum atomic E-state index is -1.08. The molecular formula is C21H27FN4O. The number of nitrogens with zero attached hydrogens (tertiary/aromatic N) is 3. The molecule has 1 aromatic rings. The molecule has 2 aliphatic rings. The van der Waals surface area contributed by atoms with Crippen LogP contribution >= 0.6 is 0 Å². The van der Waals surface area contributed by atoms with Crippen molar-refractivity contribution in [3.8, 4) is 0 Å². The second-order valence-corrected chi connectivity index (χ2v) is 8.17. The third-order valence-corrected chi connectivity index (χ3v) is 5.98. The molecule has 1 aromatic carbocycles. The highest BCUT2D eigenvalue weighted by Crippen LogP contribution is 2.47. The van der Waals surface area contributed by atoms with Crippen molar-refractivity contribution < 1.29 is 9.18 Å². The van der Waals surface area contributed by atoms with E-state index in [-0.39, 0.29) is 17.7 Å². The molecule has 27 heavy (non-hydrogen) atoms. The van der Waals surface area contributed by atoms with Crippen LogP contribution in [0.2, 0.25) is 0 Å². The van der Waals surface area contributed by atoms with Gasteiger partial charge in [-0.2, -0.15) is 0 Å². The Bertz CT molecular complexity index is 884. The quantitative estimate of drug-likeness (QED) is 0.881. The van der Waals surface area contributed by atoms with E-state index in [1.807, 2.05) is 19.2 Å². The highest BCUT2D eigenvalue weighted by atomic mass is 19.1. The van der Waals surface area contributed by atoms with Gasteiger partial charge >= 0.3 is 0 Å². The first-order valence-electron chi connectivity index (χ1n) is 9.20. The molecule has 2 aliphatic heterocycles. The van der Waals surface area contributed by atoms with Gasteiger partial charge in [-0.05, 0) is 57.7 Å². The SMILES string of the molecule is CC1=NC=C(CCc2ccc(F)c([C@@]3(C)N=C(N)N(C)C(=O)C3(C)C)c2)C1. The Kier molecular flexibility index (Phi) is 4.70. The number of rotatable bonds is 4. The molecule has 0 bridgehead atoms. The second-order valence-electron chi connectivity index (χ2n) is 8.17. The predicted octanol–water partition coefficient (Wildman–Crippen LogP) is 3.53. The summed E-state index contributed by atoms with van der Waals surface area (Å²) in [7, 11) is 1.59. The standard InChI is InChI=1S/C21H27FN4O/c1-13-10-15(12-24-13)7-6-14-8-9-17(22)16(11-14)21(4)20(2,3)18(27)26(5)19(23)25-21/h8-9,11-12H,6-7,10H2,1-5H3,(H2,23,25)/t21-/m1/s1. The average molecular weight is 370 g/mol. The summed E-state index contributed by atoms with van der Waals surface area (Å²) in [5.74, 6) is -0.441. The number of aryl methyl sites for hydroxylation is 1. The summed E-state index contributed by atoms with van der Waals surface area (Å²) in [5, 5.41) is 0. The Morgan fingerprint density at radius 3 is 2.59 bits per heavy atom. The zero-order chi connectivity index (χ0) is 20.0. The molecule has 6 heteroatoms. The van der Waals surface area contributed by atoms with Crippen molar-refractivity contribution in [2.75, 3.05) is 7.05 Å². The van der Waals surface area contributed by atoms with Crippen LogP contribution in [-0.4, -0.2) is 29.5 Å². The van der Waals surface area contributed by atoms with Crippen molar-refractivity contribution in [2.24, 2.45) is 21.1 Å². The second kappa shape index (κ2) is 6.59. The van der Waals surface area contributed by atoms with E-state index in [1.54, 1.807) is 33.9 Å². The van der Waals surface area contributed by atoms with Gasteiger partial charge in [0.05, 0.1) is 5.41 Å². The molecule has 0 radical (unpaired) electrons. The van der Waals surface area contributed by atoms with Gasteiger partial charge in [0.25, 0.3) is 0 Å². The summed E-state index contributed by atoms with van der Waals surface area (Å²) in [5.41, 5.74) is 7.77. The van der Waals surface area contributed by atoms with E-state index in [1.165, 1.54) is 16.5 Å². The molecular weight excluding hydrogens is 343 g/mol. The highest BCUT2D eigenvalue weighted by molar-refractivity contribution is 6.01. The number of amides is 1. The number of carbonyl (C=O) groups is 1. The van der Waals surface area contributed by atoms with Crippen LogP contribution in [0.25, 0.3) is 0 Å². The number of aliphatic imine (C=N–C) groups is 2. The van der Waals surface area contributed by atoms with E-state index in [0.717, 1.165) is 30.5 Å². The fourth-order valence-corrected chi connectivity index (χ4v) is 3.75. The number of benzene rings is 1. The molecule has 5 nitrogen and oxygen atoms in total. The van der Waals surface area contributed by atoms with Crippen molar-refractivity contribution in [1.29, 1.82) is 0 Å². The fourth-order valence-electron chi connectivity index (χ4n) is 3.75. The zero-order valence-corrected chi connectivity index (χ0v) is 16.6. The molecule has 144 valence electrons. The van der Waals surface area contributed by atoms with Gasteiger partial charge in [-0.15, -0.1) is 0 Å². The third kappa shape index (κ3) is 3.17. The normalized spacial score (nSPS) is 24.6. The van der Waals surface area contributed by atoms with Gasteiger partial charge in [-0.3, -0.25) is 14.7 Å². The van der Waals surface area contributed by atoms with Crippen LogP contribution in [0.5, 0.6) is 0 Å². The molecule has 0 spiro atoms. The number of halogens is 1. The fraction of sp³-hybridized carbons (Fsp3) is 0.476. The largest absolute Gasteiger partial charge is 0.369 e. The Labute approximate surface area is 159 Å². The van der Waals surface area contributed by atoms with Gasteiger partial charge < -0.3 is 5.73 Å². The van der Waals surface area contributed by atoms with E-state index >= 15 is 0 Å². The number of carbonyl (C=O) groups excluding carboxylic acids is 1. The van der Waals surface area contributed by atoms with Gasteiger partial charge in [-0.1, -0.05) is 12.1 Å². The number of guanidine groups is 1. The summed E-state index contributed by atoms with van der Waals surface area (Å²) in [4.78, 5) is 23.0. The number of nitrogens with two attached hydrogens (primary N) is 1. The number of allylic oxidation sites excluding steroid dienone is 1. The minimum Gasteiger partial charge on any atom is -0.369 e. The Hall–Kier alpha value is -2.50. The van der Waals surface area contributed by atoms with Gasteiger partial charge in [0.15, 0.2) is 5.96 Å². The monoisotopic (exact) mass is 370 g/mol. The molecule has 1 amide bonds. The molecule has 0 aliphatic carbocycles. The van der Waals surface area contributed by atoms with Crippen LogP contribution in [0.4, 0.5) is 4.39 Å². The van der Waals surface area contributed by atoms with Crippen molar-refractivity contribution in [3.05, 3.63) is 46.9 Å². The molecule has 0 unspecified atom stereocenters. The van der Waals surface area contributed by atoms with Gasteiger partial charge in [0, 0.05) is 30.9 Å². The van der Waals surface area contributed by atoms with Crippen LogP contribution in [-0.2, 0) is 16.8 Å². The first-order chi connectivity index (χ1) is 12.6. The molecule has 0 fully saturated rings. The third-order valence-electron chi connectivity index (χ3n) is 5.98. The van der Waals surface area contributed by atoms with Crippen molar-refractivity contribution >= 4 is 17.6 Å². The topological polar surface area (TPSA) is 71.0 Å². The lowest BCUT2D eigenvalue weighted by Gasteiger charge is -2.46. The van der Waals surface area contributed by atoms with E-state index in [9.17, 15) is 9.18 Å². The van der Waals surface area contributed by atoms with Crippen LogP contribution < -0.4 is 5.73 Å². The molecule has 0 saturated carbocycles. The van der Waals surface area contributed by atoms with Gasteiger partial charge in [0.2, 0.25) is 5.91 Å². The van der Waals surface area contributed by atoms with Crippen LogP contribution in [0.3, 0.4) is 0 Å². The van der Waals surface area contributed by atoms with E-state index in [2.05, 4.69) is 9.98 Å². The van der Waals surface area contributed by atoms with E-state index < -0.39 is 11.0 Å². The molecule has 3 rings (SSSR count). The summed E-state index contributed by atoms with van der Waals surface area (Å²) in [6.45, 7) is 7.38. The van der Waals surface area contributed by atoms with Gasteiger partial charge in [0.1, 0.15) is 11.4 Å². The maximum absolute atomic E-state index is 14.8. The molecule has 0 aromatic heterocycles. The summed E-state index contributed by atoms with van der Waals surface area (Å²) >= 11 is 0. The predicted molar refractivity (Wildman–Crippen MR) is 106 cm³/mol. The maximum atomic E-state index is 14.8. The first-order valence-corrected chi connectivity index (χ1v) is 9.20. The van der Waals surface area contributed by atoms with Gasteiger partial charge in [-0.25, -0.2) is 9.38 Å². The van der Waals surface area contributed by atoms with E-state index in [4.69, 9.17) is 5.73 Å². The minimum absolute atomic E-state index is 0.107. The first kappa shape index (κ1) is 19.3. The summed E-state index contributed by atoms with van der Waals surface area (Å²) in [6, 6.07) is 5.09. The lowest BCUT2D eigenvalue weighted by molar-refractivity contribution is -0.140. The average Bonchev–Trinajstić information content (AvgIpc) is 3.03. The maximum Gasteiger partial charge on any atom is 0.237 e. The number of hydrogen-bond acceptors (Lipinski definition) is 4. The van der Waals surface area contributed by atoms with Crippen molar-refractivity contribution in [1.82, 2.24) is 4.90 Å². The number of hydrogen-bond donors (Lipinski definition) is 1. The smallest absolute Gasteiger partial charge is 0.237 e. The van der Waals surface area contributed by atoms with Crippen LogP contribution in [0.15, 0.2) is 40.0 Å². The van der Waals surface area contributed by atoms with Crippen molar-refractivity contribution in [2.45, 2.75) is 52.5 Å². The summed E-state index contributed by atoms with van der Waals surface area (Å²) in [6.07, 6.45) is 4.48. The lowest BCUT2D eigenvalue weighted by atomic mass is 9.67. The Balaban J connectivity index is 1.95. The molecule has 2 heterocycles. The van der Waals surface area contributed by atoms with E-state index in [0.29, 0.717) is 5.56 Å². The molecule has 0 saturated heterocycles. The zero-order valence-electron chi connectivity index (χ0n) is 16.6. The molecule has 2 N–H and O–H groups in total. The highest BCUT2D eigenvalue weighted by Gasteiger charge is 2.53. The summed E-state index contributed by atoms with van der Waals surface area (Å²) < 4.78 is 14.8. The molecule has 1 atom stereocenters. The Morgan fingerprint density at radius 1 is 1.26 bits per heavy atom. The van der Waals surface area contributed by atoms with Crippen molar-refractivity contribution in [3.63, 3.8) is 0 Å². The van der Waals surface area contributed by atoms with Crippen LogP contribution in [0.1, 0.15) is 51.7 Å². The Morgan fingerprint density at radius 2 is 1.96 bits per heavy atom. The lowest BCUT2D eigenvalue weighted by Crippen LogP contribution is -2.58.